The number of hydrogen-bond donors (Lipinski definition) is 1. The normalized spacial score (nSPS) is 11.0. The summed E-state index contributed by atoms with van der Waals surface area (Å²) in [6.07, 6.45) is 1.06. The van der Waals surface area contributed by atoms with Gasteiger partial charge in [0.1, 0.15) is 5.75 Å². The topological polar surface area (TPSA) is 72.5 Å². The molecule has 116 valence electrons. The van der Waals surface area contributed by atoms with Crippen molar-refractivity contribution in [3.63, 3.8) is 0 Å². The molecule has 22 heavy (non-hydrogen) atoms. The van der Waals surface area contributed by atoms with Crippen LogP contribution in [0, 0.1) is 0 Å². The highest BCUT2D eigenvalue weighted by atomic mass is 35.5. The molecule has 0 bridgehead atoms. The van der Waals surface area contributed by atoms with Crippen molar-refractivity contribution < 1.29 is 17.9 Å². The molecule has 0 aromatic heterocycles. The van der Waals surface area contributed by atoms with E-state index in [9.17, 15) is 13.2 Å². The first-order chi connectivity index (χ1) is 10.3. The Hall–Kier alpha value is -2.05. The zero-order valence-corrected chi connectivity index (χ0v) is 13.3. The summed E-state index contributed by atoms with van der Waals surface area (Å²) >= 11 is 5.83. The number of ether oxygens (including phenoxy) is 1. The molecule has 0 saturated heterocycles. The number of ketones is 1. The smallest absolute Gasteiger partial charge is 0.229 e. The molecule has 0 aliphatic heterocycles. The lowest BCUT2D eigenvalue weighted by atomic mass is 10.1. The minimum absolute atomic E-state index is 0.126. The molecule has 0 aliphatic carbocycles. The van der Waals surface area contributed by atoms with Crippen LogP contribution in [0.1, 0.15) is 10.4 Å². The Morgan fingerprint density at radius 3 is 2.45 bits per heavy atom. The average Bonchev–Trinajstić information content (AvgIpc) is 2.44. The van der Waals surface area contributed by atoms with E-state index in [-0.39, 0.29) is 12.4 Å². The van der Waals surface area contributed by atoms with Gasteiger partial charge in [0.05, 0.1) is 6.26 Å². The van der Waals surface area contributed by atoms with Gasteiger partial charge in [0.2, 0.25) is 10.0 Å². The predicted octanol–water partition coefficient (Wildman–Crippen LogP) is 2.97. The van der Waals surface area contributed by atoms with Crippen molar-refractivity contribution >= 4 is 33.1 Å². The molecule has 0 fully saturated rings. The highest BCUT2D eigenvalue weighted by molar-refractivity contribution is 7.92. The van der Waals surface area contributed by atoms with Gasteiger partial charge in [-0.3, -0.25) is 9.52 Å². The van der Waals surface area contributed by atoms with Crippen LogP contribution < -0.4 is 9.46 Å². The van der Waals surface area contributed by atoms with Crippen molar-refractivity contribution in [3.8, 4) is 5.75 Å². The molecule has 2 aromatic rings. The van der Waals surface area contributed by atoms with E-state index >= 15 is 0 Å². The van der Waals surface area contributed by atoms with E-state index in [0.717, 1.165) is 6.26 Å². The number of hydrogen-bond acceptors (Lipinski definition) is 4. The van der Waals surface area contributed by atoms with Gasteiger partial charge in [-0.2, -0.15) is 0 Å². The Bertz CT molecular complexity index is 772. The first kappa shape index (κ1) is 16.3. The maximum absolute atomic E-state index is 12.0. The Morgan fingerprint density at radius 2 is 1.86 bits per heavy atom. The van der Waals surface area contributed by atoms with Gasteiger partial charge in [-0.05, 0) is 42.5 Å². The van der Waals surface area contributed by atoms with Crippen LogP contribution in [0.15, 0.2) is 48.5 Å². The van der Waals surface area contributed by atoms with Crippen LogP contribution in [-0.4, -0.2) is 27.1 Å². The van der Waals surface area contributed by atoms with Crippen molar-refractivity contribution in [3.05, 3.63) is 59.1 Å². The summed E-state index contributed by atoms with van der Waals surface area (Å²) in [6, 6.07) is 12.9. The third-order valence-electron chi connectivity index (χ3n) is 2.68. The SMILES string of the molecule is CS(=O)(=O)Nc1ccc(C(=O)COc2cccc(Cl)c2)cc1. The van der Waals surface area contributed by atoms with Gasteiger partial charge in [0.15, 0.2) is 12.4 Å². The van der Waals surface area contributed by atoms with Crippen LogP contribution in [-0.2, 0) is 10.0 Å². The number of rotatable bonds is 6. The van der Waals surface area contributed by atoms with E-state index in [1.807, 2.05) is 0 Å². The highest BCUT2D eigenvalue weighted by Gasteiger charge is 2.08. The van der Waals surface area contributed by atoms with Crippen LogP contribution >= 0.6 is 11.6 Å². The van der Waals surface area contributed by atoms with Crippen molar-refractivity contribution in [2.75, 3.05) is 17.6 Å². The molecule has 2 rings (SSSR count). The minimum atomic E-state index is -3.33. The molecule has 7 heteroatoms. The Labute approximate surface area is 133 Å². The van der Waals surface area contributed by atoms with Gasteiger partial charge in [0, 0.05) is 16.3 Å². The lowest BCUT2D eigenvalue weighted by Crippen LogP contribution is -2.12. The average molecular weight is 340 g/mol. The highest BCUT2D eigenvalue weighted by Crippen LogP contribution is 2.17. The molecular formula is C15H14ClNO4S. The summed E-state index contributed by atoms with van der Waals surface area (Å²) in [7, 11) is -3.33. The van der Waals surface area contributed by atoms with Gasteiger partial charge in [-0.25, -0.2) is 8.42 Å². The van der Waals surface area contributed by atoms with Crippen LogP contribution in [0.2, 0.25) is 5.02 Å². The zero-order chi connectivity index (χ0) is 16.2. The number of Topliss-reactive ketones (excluding diaryl/α,β-unsaturated/α-hetero) is 1. The largest absolute Gasteiger partial charge is 0.485 e. The number of halogens is 1. The van der Waals surface area contributed by atoms with Gasteiger partial charge >= 0.3 is 0 Å². The summed E-state index contributed by atoms with van der Waals surface area (Å²) in [5.41, 5.74) is 0.830. The second-order valence-corrected chi connectivity index (χ2v) is 6.81. The number of carbonyl (C=O) groups excluding carboxylic acids is 1. The molecule has 2 aromatic carbocycles. The van der Waals surface area contributed by atoms with Gasteiger partial charge in [-0.15, -0.1) is 0 Å². The number of sulfonamides is 1. The molecule has 0 amide bonds. The molecule has 0 saturated carbocycles. The Kier molecular flexibility index (Phi) is 5.05. The van der Waals surface area contributed by atoms with Crippen molar-refractivity contribution in [2.24, 2.45) is 0 Å². The van der Waals surface area contributed by atoms with Crippen molar-refractivity contribution in [1.29, 1.82) is 0 Å². The van der Waals surface area contributed by atoms with Crippen LogP contribution in [0.5, 0.6) is 5.75 Å². The number of carbonyl (C=O) groups is 1. The molecule has 0 heterocycles. The van der Waals surface area contributed by atoms with Crippen molar-refractivity contribution in [2.45, 2.75) is 0 Å². The molecular weight excluding hydrogens is 326 g/mol. The standard InChI is InChI=1S/C15H14ClNO4S/c1-22(19,20)17-13-7-5-11(6-8-13)15(18)10-21-14-4-2-3-12(16)9-14/h2-9,17H,10H2,1H3. The fourth-order valence-electron chi connectivity index (χ4n) is 1.73. The number of anilines is 1. The summed E-state index contributed by atoms with van der Waals surface area (Å²) in [5.74, 6) is 0.294. The van der Waals surface area contributed by atoms with E-state index in [1.165, 1.54) is 24.3 Å². The second-order valence-electron chi connectivity index (χ2n) is 4.62. The van der Waals surface area contributed by atoms with E-state index in [1.54, 1.807) is 24.3 Å². The minimum Gasteiger partial charge on any atom is -0.485 e. The van der Waals surface area contributed by atoms with E-state index < -0.39 is 10.0 Å². The maximum Gasteiger partial charge on any atom is 0.229 e. The van der Waals surface area contributed by atoms with Gasteiger partial charge in [0.25, 0.3) is 0 Å². The first-order valence-corrected chi connectivity index (χ1v) is 8.60. The molecule has 0 radical (unpaired) electrons. The number of nitrogens with one attached hydrogen (secondary N) is 1. The molecule has 5 nitrogen and oxygen atoms in total. The maximum atomic E-state index is 12.0. The zero-order valence-electron chi connectivity index (χ0n) is 11.7. The second kappa shape index (κ2) is 6.81. The van der Waals surface area contributed by atoms with E-state index in [2.05, 4.69) is 4.72 Å². The Balaban J connectivity index is 1.98. The summed E-state index contributed by atoms with van der Waals surface area (Å²) < 4.78 is 29.9. The third kappa shape index (κ3) is 5.05. The monoisotopic (exact) mass is 339 g/mol. The molecule has 0 aliphatic rings. The van der Waals surface area contributed by atoms with Crippen LogP contribution in [0.3, 0.4) is 0 Å². The van der Waals surface area contributed by atoms with Crippen LogP contribution in [0.4, 0.5) is 5.69 Å². The third-order valence-corrected chi connectivity index (χ3v) is 3.52. The van der Waals surface area contributed by atoms with Crippen molar-refractivity contribution in [1.82, 2.24) is 0 Å². The lowest BCUT2D eigenvalue weighted by Gasteiger charge is -2.07. The summed E-state index contributed by atoms with van der Waals surface area (Å²) in [6.45, 7) is -0.126. The molecule has 0 spiro atoms. The van der Waals surface area contributed by atoms with E-state index in [0.29, 0.717) is 22.0 Å². The summed E-state index contributed by atoms with van der Waals surface area (Å²) in [5, 5.41) is 0.529. The lowest BCUT2D eigenvalue weighted by molar-refractivity contribution is 0.0921. The quantitative estimate of drug-likeness (QED) is 0.821. The fourth-order valence-corrected chi connectivity index (χ4v) is 2.47. The van der Waals surface area contributed by atoms with Gasteiger partial charge in [-0.1, -0.05) is 17.7 Å². The first-order valence-electron chi connectivity index (χ1n) is 6.33. The van der Waals surface area contributed by atoms with Gasteiger partial charge < -0.3 is 4.74 Å². The molecule has 0 atom stereocenters. The Morgan fingerprint density at radius 1 is 1.18 bits per heavy atom. The summed E-state index contributed by atoms with van der Waals surface area (Å²) in [4.78, 5) is 12.0. The molecule has 1 N–H and O–H groups in total. The molecule has 0 unspecified atom stereocenters. The number of benzene rings is 2. The van der Waals surface area contributed by atoms with Crippen LogP contribution in [0.25, 0.3) is 0 Å². The predicted molar refractivity (Wildman–Crippen MR) is 86.2 cm³/mol. The van der Waals surface area contributed by atoms with E-state index in [4.69, 9.17) is 16.3 Å². The fraction of sp³-hybridized carbons (Fsp3) is 0.133.